The van der Waals surface area contributed by atoms with E-state index >= 15 is 0 Å². The number of rotatable bonds is 5. The molecule has 0 aliphatic carbocycles. The Balaban J connectivity index is 1.64. The molecule has 4 nitrogen and oxygen atoms in total. The van der Waals surface area contributed by atoms with E-state index in [0.717, 1.165) is 40.8 Å². The van der Waals surface area contributed by atoms with Gasteiger partial charge >= 0.3 is 0 Å². The van der Waals surface area contributed by atoms with Crippen molar-refractivity contribution in [2.24, 2.45) is 0 Å². The maximum atomic E-state index is 5.41. The molecule has 0 bridgehead atoms. The molecule has 0 amide bonds. The van der Waals surface area contributed by atoms with E-state index in [1.54, 1.807) is 13.4 Å². The van der Waals surface area contributed by atoms with Gasteiger partial charge in [0.15, 0.2) is 0 Å². The van der Waals surface area contributed by atoms with Crippen LogP contribution in [0.3, 0.4) is 0 Å². The highest BCUT2D eigenvalue weighted by atomic mass is 16.5. The van der Waals surface area contributed by atoms with Crippen molar-refractivity contribution in [2.45, 2.75) is 19.4 Å². The number of ether oxygens (including phenoxy) is 1. The van der Waals surface area contributed by atoms with Gasteiger partial charge in [-0.15, -0.1) is 0 Å². The number of fused-ring (bicyclic) bond motifs is 1. The number of hydrogen-bond acceptors (Lipinski definition) is 4. The van der Waals surface area contributed by atoms with Crippen LogP contribution < -0.4 is 5.32 Å². The number of methoxy groups -OCH3 is 1. The monoisotopic (exact) mass is 331 g/mol. The second kappa shape index (κ2) is 8.27. The molecule has 1 atom stereocenters. The summed E-state index contributed by atoms with van der Waals surface area (Å²) in [5.41, 5.74) is 3.07. The normalized spacial score (nSPS) is 11.6. The van der Waals surface area contributed by atoms with Crippen LogP contribution in [0.25, 0.3) is 10.9 Å². The Morgan fingerprint density at radius 1 is 1.08 bits per heavy atom. The van der Waals surface area contributed by atoms with E-state index in [-0.39, 0.29) is 6.10 Å². The van der Waals surface area contributed by atoms with E-state index in [0.29, 0.717) is 0 Å². The molecule has 0 saturated carbocycles. The van der Waals surface area contributed by atoms with Crippen LogP contribution in [-0.4, -0.2) is 23.6 Å². The number of para-hydroxylation sites is 1. The van der Waals surface area contributed by atoms with Crippen molar-refractivity contribution in [1.29, 1.82) is 0 Å². The Morgan fingerprint density at radius 3 is 2.76 bits per heavy atom. The maximum Gasteiger partial charge on any atom is 0.137 e. The molecule has 1 aromatic heterocycles. The summed E-state index contributed by atoms with van der Waals surface area (Å²) in [6.07, 6.45) is 2.35. The lowest BCUT2D eigenvalue weighted by atomic mass is 10.0. The van der Waals surface area contributed by atoms with Gasteiger partial charge in [-0.05, 0) is 30.7 Å². The van der Waals surface area contributed by atoms with Crippen molar-refractivity contribution in [2.75, 3.05) is 19.0 Å². The average molecular weight is 331 g/mol. The zero-order valence-corrected chi connectivity index (χ0v) is 14.5. The largest absolute Gasteiger partial charge is 0.377 e. The number of nitrogens with zero attached hydrogens (tertiary/aromatic N) is 2. The molecule has 3 aromatic rings. The molecule has 3 rings (SSSR count). The Kier molecular flexibility index (Phi) is 5.61. The van der Waals surface area contributed by atoms with Crippen molar-refractivity contribution >= 4 is 16.7 Å². The van der Waals surface area contributed by atoms with Gasteiger partial charge in [0.2, 0.25) is 0 Å². The zero-order chi connectivity index (χ0) is 17.5. The molecule has 4 heteroatoms. The third-order valence-corrected chi connectivity index (χ3v) is 4.06. The molecule has 1 N–H and O–H groups in total. The van der Waals surface area contributed by atoms with Crippen LogP contribution in [0, 0.1) is 11.8 Å². The second-order valence-electron chi connectivity index (χ2n) is 5.68. The molecule has 0 aliphatic rings. The van der Waals surface area contributed by atoms with Crippen LogP contribution in [0.2, 0.25) is 0 Å². The smallest absolute Gasteiger partial charge is 0.137 e. The maximum absolute atomic E-state index is 5.41. The predicted octanol–water partition coefficient (Wildman–Crippen LogP) is 4.19. The summed E-state index contributed by atoms with van der Waals surface area (Å²) in [7, 11) is 1.71. The zero-order valence-electron chi connectivity index (χ0n) is 14.5. The Morgan fingerprint density at radius 2 is 1.88 bits per heavy atom. The standard InChI is InChI=1S/C21H21N3O/c1-16(25-2)18-11-4-3-9-17(18)10-7-8-14-22-21-19-12-5-6-13-20(19)23-15-24-21/h3-6,9,11-13,15-16H,8,14H2,1-2H3,(H,22,23,24). The summed E-state index contributed by atoms with van der Waals surface area (Å²) >= 11 is 0. The average Bonchev–Trinajstić information content (AvgIpc) is 2.67. The third-order valence-electron chi connectivity index (χ3n) is 4.06. The highest BCUT2D eigenvalue weighted by Crippen LogP contribution is 2.20. The summed E-state index contributed by atoms with van der Waals surface area (Å²) in [5.74, 6) is 7.33. The van der Waals surface area contributed by atoms with Crippen LogP contribution in [0.15, 0.2) is 54.9 Å². The number of aromatic nitrogens is 2. The van der Waals surface area contributed by atoms with Gasteiger partial charge in [-0.3, -0.25) is 0 Å². The molecule has 0 radical (unpaired) electrons. The number of nitrogens with one attached hydrogen (secondary N) is 1. The summed E-state index contributed by atoms with van der Waals surface area (Å²) in [4.78, 5) is 8.59. The SMILES string of the molecule is COC(C)c1ccccc1C#CCCNc1ncnc2ccccc12. The molecule has 2 aromatic carbocycles. The molecule has 0 aliphatic heterocycles. The van der Waals surface area contributed by atoms with Gasteiger partial charge < -0.3 is 10.1 Å². The third kappa shape index (κ3) is 4.14. The molecule has 0 fully saturated rings. The molecular formula is C21H21N3O. The highest BCUT2D eigenvalue weighted by molar-refractivity contribution is 5.88. The predicted molar refractivity (Wildman–Crippen MR) is 101 cm³/mol. The van der Waals surface area contributed by atoms with E-state index in [1.165, 1.54) is 0 Å². The first-order valence-corrected chi connectivity index (χ1v) is 8.34. The van der Waals surface area contributed by atoms with E-state index in [4.69, 9.17) is 4.74 Å². The van der Waals surface area contributed by atoms with Gasteiger partial charge in [-0.2, -0.15) is 0 Å². The lowest BCUT2D eigenvalue weighted by Crippen LogP contribution is -2.03. The lowest BCUT2D eigenvalue weighted by Gasteiger charge is -2.11. The first-order chi connectivity index (χ1) is 12.3. The van der Waals surface area contributed by atoms with Crippen LogP contribution in [0.1, 0.15) is 30.6 Å². The topological polar surface area (TPSA) is 47.0 Å². The first-order valence-electron chi connectivity index (χ1n) is 8.34. The van der Waals surface area contributed by atoms with E-state index in [2.05, 4.69) is 33.2 Å². The summed E-state index contributed by atoms with van der Waals surface area (Å²) in [6.45, 7) is 2.76. The van der Waals surface area contributed by atoms with E-state index in [1.807, 2.05) is 49.4 Å². The van der Waals surface area contributed by atoms with Crippen LogP contribution >= 0.6 is 0 Å². The van der Waals surface area contributed by atoms with Crippen LogP contribution in [-0.2, 0) is 4.74 Å². The van der Waals surface area contributed by atoms with Crippen molar-refractivity contribution in [1.82, 2.24) is 9.97 Å². The van der Waals surface area contributed by atoms with Gasteiger partial charge in [0.05, 0.1) is 11.6 Å². The fraction of sp³-hybridized carbons (Fsp3) is 0.238. The van der Waals surface area contributed by atoms with E-state index < -0.39 is 0 Å². The Hall–Kier alpha value is -2.90. The molecule has 1 unspecified atom stereocenters. The van der Waals surface area contributed by atoms with Gasteiger partial charge in [0.1, 0.15) is 12.1 Å². The molecule has 1 heterocycles. The van der Waals surface area contributed by atoms with Crippen LogP contribution in [0.5, 0.6) is 0 Å². The van der Waals surface area contributed by atoms with E-state index in [9.17, 15) is 0 Å². The van der Waals surface area contributed by atoms with Crippen LogP contribution in [0.4, 0.5) is 5.82 Å². The number of hydrogen-bond donors (Lipinski definition) is 1. The summed E-state index contributed by atoms with van der Waals surface area (Å²) in [5, 5.41) is 4.37. The van der Waals surface area contributed by atoms with Crippen molar-refractivity contribution in [3.8, 4) is 11.8 Å². The minimum atomic E-state index is 0.0380. The number of anilines is 1. The van der Waals surface area contributed by atoms with Gasteiger partial charge in [-0.1, -0.05) is 42.2 Å². The quantitative estimate of drug-likeness (QED) is 0.562. The second-order valence-corrected chi connectivity index (χ2v) is 5.68. The fourth-order valence-corrected chi connectivity index (χ4v) is 2.64. The minimum Gasteiger partial charge on any atom is -0.377 e. The summed E-state index contributed by atoms with van der Waals surface area (Å²) < 4.78 is 5.41. The fourth-order valence-electron chi connectivity index (χ4n) is 2.64. The molecular weight excluding hydrogens is 310 g/mol. The van der Waals surface area contributed by atoms with Gasteiger partial charge in [-0.25, -0.2) is 9.97 Å². The van der Waals surface area contributed by atoms with Crippen molar-refractivity contribution < 1.29 is 4.74 Å². The minimum absolute atomic E-state index is 0.0380. The summed E-state index contributed by atoms with van der Waals surface area (Å²) in [6, 6.07) is 16.1. The molecule has 126 valence electrons. The molecule has 0 saturated heterocycles. The Labute approximate surface area is 148 Å². The Bertz CT molecular complexity index is 906. The van der Waals surface area contributed by atoms with Crippen molar-refractivity contribution in [3.05, 3.63) is 66.0 Å². The first kappa shape index (κ1) is 16.9. The highest BCUT2D eigenvalue weighted by Gasteiger charge is 2.07. The van der Waals surface area contributed by atoms with Gasteiger partial charge in [0.25, 0.3) is 0 Å². The number of benzene rings is 2. The van der Waals surface area contributed by atoms with Crippen molar-refractivity contribution in [3.63, 3.8) is 0 Å². The lowest BCUT2D eigenvalue weighted by molar-refractivity contribution is 0.119. The molecule has 0 spiro atoms. The van der Waals surface area contributed by atoms with Gasteiger partial charge in [0, 0.05) is 31.0 Å². The molecule has 25 heavy (non-hydrogen) atoms.